The van der Waals surface area contributed by atoms with Crippen molar-refractivity contribution in [1.29, 1.82) is 0 Å². The molecule has 0 amide bonds. The Bertz CT molecular complexity index is 473. The minimum atomic E-state index is -2.81. The van der Waals surface area contributed by atoms with E-state index in [0.29, 0.717) is 30.1 Å². The van der Waals surface area contributed by atoms with Crippen molar-refractivity contribution in [2.75, 3.05) is 18.1 Å². The largest absolute Gasteiger partial charge is 0.354 e. The molecule has 0 spiro atoms. The van der Waals surface area contributed by atoms with Gasteiger partial charge in [0.15, 0.2) is 15.8 Å². The zero-order chi connectivity index (χ0) is 15.5. The summed E-state index contributed by atoms with van der Waals surface area (Å²) in [4.78, 5) is 4.63. The van der Waals surface area contributed by atoms with Crippen LogP contribution in [0.3, 0.4) is 0 Å². The molecule has 3 unspecified atom stereocenters. The smallest absolute Gasteiger partial charge is 0.191 e. The highest BCUT2D eigenvalue weighted by molar-refractivity contribution is 7.91. The summed E-state index contributed by atoms with van der Waals surface area (Å²) in [5, 5.41) is 6.87. The predicted octanol–water partition coefficient (Wildman–Crippen LogP) is 1.55. The Labute approximate surface area is 128 Å². The molecule has 3 atom stereocenters. The van der Waals surface area contributed by atoms with E-state index in [0.717, 1.165) is 18.3 Å². The average molecular weight is 315 g/mol. The van der Waals surface area contributed by atoms with Crippen molar-refractivity contribution in [3.8, 4) is 0 Å². The van der Waals surface area contributed by atoms with Crippen LogP contribution in [0, 0.1) is 11.8 Å². The number of rotatable bonds is 4. The van der Waals surface area contributed by atoms with Gasteiger partial charge in [0, 0.05) is 18.6 Å². The standard InChI is InChI=1S/C15H29N3O2S/c1-11(2)17-15(18-14-5-4-12(3)8-14)16-9-13-6-7-21(19,20)10-13/h11-14H,4-10H2,1-3H3,(H2,16,17,18). The topological polar surface area (TPSA) is 70.6 Å². The molecule has 1 heterocycles. The number of aliphatic imine (C=N–C) groups is 1. The lowest BCUT2D eigenvalue weighted by atomic mass is 10.1. The summed E-state index contributed by atoms with van der Waals surface area (Å²) < 4.78 is 23.0. The van der Waals surface area contributed by atoms with Gasteiger partial charge in [-0.2, -0.15) is 0 Å². The molecule has 1 aliphatic carbocycles. The van der Waals surface area contributed by atoms with Gasteiger partial charge in [0.25, 0.3) is 0 Å². The summed E-state index contributed by atoms with van der Waals surface area (Å²) in [6.45, 7) is 7.07. The molecule has 0 aromatic carbocycles. The molecular formula is C15H29N3O2S. The van der Waals surface area contributed by atoms with Gasteiger partial charge in [0.05, 0.1) is 11.5 Å². The highest BCUT2D eigenvalue weighted by atomic mass is 32.2. The fourth-order valence-corrected chi connectivity index (χ4v) is 5.02. The van der Waals surface area contributed by atoms with Crippen LogP contribution in [0.2, 0.25) is 0 Å². The van der Waals surface area contributed by atoms with E-state index in [-0.39, 0.29) is 5.92 Å². The Hall–Kier alpha value is -0.780. The number of sulfone groups is 1. The van der Waals surface area contributed by atoms with Gasteiger partial charge in [-0.15, -0.1) is 0 Å². The van der Waals surface area contributed by atoms with Gasteiger partial charge >= 0.3 is 0 Å². The number of guanidine groups is 1. The summed E-state index contributed by atoms with van der Waals surface area (Å²) in [6.07, 6.45) is 4.41. The summed E-state index contributed by atoms with van der Waals surface area (Å²) in [5.74, 6) is 2.43. The van der Waals surface area contributed by atoms with E-state index in [1.807, 2.05) is 0 Å². The van der Waals surface area contributed by atoms with Crippen molar-refractivity contribution in [3.05, 3.63) is 0 Å². The third-order valence-corrected chi connectivity index (χ3v) is 6.13. The zero-order valence-corrected chi connectivity index (χ0v) is 14.2. The predicted molar refractivity (Wildman–Crippen MR) is 87.3 cm³/mol. The van der Waals surface area contributed by atoms with Crippen LogP contribution in [0.25, 0.3) is 0 Å². The van der Waals surface area contributed by atoms with E-state index in [1.54, 1.807) is 0 Å². The molecule has 1 saturated carbocycles. The van der Waals surface area contributed by atoms with Gasteiger partial charge < -0.3 is 10.6 Å². The van der Waals surface area contributed by atoms with Gasteiger partial charge in [0.2, 0.25) is 0 Å². The van der Waals surface area contributed by atoms with Gasteiger partial charge in [-0.1, -0.05) is 6.92 Å². The number of hydrogen-bond donors (Lipinski definition) is 2. The van der Waals surface area contributed by atoms with Gasteiger partial charge in [0.1, 0.15) is 0 Å². The van der Waals surface area contributed by atoms with Crippen LogP contribution >= 0.6 is 0 Å². The minimum absolute atomic E-state index is 0.184. The highest BCUT2D eigenvalue weighted by Crippen LogP contribution is 2.24. The van der Waals surface area contributed by atoms with Crippen LogP contribution in [0.4, 0.5) is 0 Å². The van der Waals surface area contributed by atoms with E-state index in [2.05, 4.69) is 36.4 Å². The second-order valence-corrected chi connectivity index (χ2v) is 9.25. The molecule has 21 heavy (non-hydrogen) atoms. The number of nitrogens with zero attached hydrogens (tertiary/aromatic N) is 1. The molecule has 0 aromatic rings. The molecular weight excluding hydrogens is 286 g/mol. The van der Waals surface area contributed by atoms with Crippen LogP contribution in [0.5, 0.6) is 0 Å². The van der Waals surface area contributed by atoms with Crippen molar-refractivity contribution in [3.63, 3.8) is 0 Å². The zero-order valence-electron chi connectivity index (χ0n) is 13.4. The maximum absolute atomic E-state index is 11.5. The average Bonchev–Trinajstić information content (AvgIpc) is 2.91. The molecule has 122 valence electrons. The Morgan fingerprint density at radius 2 is 2.05 bits per heavy atom. The minimum Gasteiger partial charge on any atom is -0.354 e. The Morgan fingerprint density at radius 3 is 2.57 bits per heavy atom. The van der Waals surface area contributed by atoms with Crippen molar-refractivity contribution in [2.24, 2.45) is 16.8 Å². The summed E-state index contributed by atoms with van der Waals surface area (Å²) >= 11 is 0. The highest BCUT2D eigenvalue weighted by Gasteiger charge is 2.28. The van der Waals surface area contributed by atoms with E-state index < -0.39 is 9.84 Å². The quantitative estimate of drug-likeness (QED) is 0.610. The first-order valence-corrected chi connectivity index (χ1v) is 9.94. The maximum Gasteiger partial charge on any atom is 0.191 e. The van der Waals surface area contributed by atoms with Gasteiger partial charge in [-0.05, 0) is 51.4 Å². The summed E-state index contributed by atoms with van der Waals surface area (Å²) in [7, 11) is -2.81. The molecule has 5 nitrogen and oxygen atoms in total. The number of hydrogen-bond acceptors (Lipinski definition) is 3. The molecule has 1 aliphatic heterocycles. The SMILES string of the molecule is CC1CCC(NC(=NCC2CCS(=O)(=O)C2)NC(C)C)C1. The Morgan fingerprint density at radius 1 is 1.29 bits per heavy atom. The first kappa shape index (κ1) is 16.6. The Balaban J connectivity index is 1.90. The van der Waals surface area contributed by atoms with E-state index in [1.165, 1.54) is 19.3 Å². The second-order valence-electron chi connectivity index (χ2n) is 7.02. The molecule has 0 bridgehead atoms. The molecule has 2 N–H and O–H groups in total. The van der Waals surface area contributed by atoms with Crippen LogP contribution in [0.15, 0.2) is 4.99 Å². The van der Waals surface area contributed by atoms with Crippen molar-refractivity contribution in [1.82, 2.24) is 10.6 Å². The maximum atomic E-state index is 11.5. The fraction of sp³-hybridized carbons (Fsp3) is 0.933. The lowest BCUT2D eigenvalue weighted by Gasteiger charge is -2.20. The lowest BCUT2D eigenvalue weighted by Crippen LogP contribution is -2.45. The number of nitrogens with one attached hydrogen (secondary N) is 2. The van der Waals surface area contributed by atoms with Crippen LogP contribution in [-0.4, -0.2) is 44.5 Å². The molecule has 2 rings (SSSR count). The Kier molecular flexibility index (Phi) is 5.52. The monoisotopic (exact) mass is 315 g/mol. The van der Waals surface area contributed by atoms with Crippen molar-refractivity contribution in [2.45, 2.75) is 58.5 Å². The van der Waals surface area contributed by atoms with Crippen LogP contribution in [0.1, 0.15) is 46.5 Å². The molecule has 2 fully saturated rings. The van der Waals surface area contributed by atoms with Crippen LogP contribution < -0.4 is 10.6 Å². The van der Waals surface area contributed by atoms with E-state index >= 15 is 0 Å². The second kappa shape index (κ2) is 6.99. The fourth-order valence-electron chi connectivity index (χ4n) is 3.17. The first-order valence-electron chi connectivity index (χ1n) is 8.12. The van der Waals surface area contributed by atoms with Crippen molar-refractivity contribution >= 4 is 15.8 Å². The summed E-state index contributed by atoms with van der Waals surface area (Å²) in [6, 6.07) is 0.819. The summed E-state index contributed by atoms with van der Waals surface area (Å²) in [5.41, 5.74) is 0. The van der Waals surface area contributed by atoms with Gasteiger partial charge in [-0.3, -0.25) is 4.99 Å². The third-order valence-electron chi connectivity index (χ3n) is 4.30. The van der Waals surface area contributed by atoms with E-state index in [9.17, 15) is 8.42 Å². The van der Waals surface area contributed by atoms with Gasteiger partial charge in [-0.25, -0.2) is 8.42 Å². The molecule has 0 radical (unpaired) electrons. The van der Waals surface area contributed by atoms with E-state index in [4.69, 9.17) is 0 Å². The van der Waals surface area contributed by atoms with Crippen molar-refractivity contribution < 1.29 is 8.42 Å². The molecule has 0 aromatic heterocycles. The third kappa shape index (κ3) is 5.49. The molecule has 2 aliphatic rings. The molecule has 1 saturated heterocycles. The normalized spacial score (nSPS) is 32.6. The lowest BCUT2D eigenvalue weighted by molar-refractivity contribution is 0.551. The molecule has 6 heteroatoms. The van der Waals surface area contributed by atoms with Crippen LogP contribution in [-0.2, 0) is 9.84 Å². The first-order chi connectivity index (χ1) is 9.84.